The Morgan fingerprint density at radius 2 is 1.75 bits per heavy atom. The largest absolute Gasteiger partial charge is 0.340 e. The third-order valence-corrected chi connectivity index (χ3v) is 7.49. The molecule has 1 aliphatic rings. The number of nitrogens with zero attached hydrogens (tertiary/aromatic N) is 6. The molecule has 1 fully saturated rings. The number of para-hydroxylation sites is 1. The highest BCUT2D eigenvalue weighted by atomic mass is 32.1. The molecular formula is C23H20N6OS2. The molecule has 0 radical (unpaired) electrons. The number of amides is 1. The topological polar surface area (TPSA) is 66.6 Å². The van der Waals surface area contributed by atoms with Crippen molar-refractivity contribution in [3.63, 3.8) is 0 Å². The monoisotopic (exact) mass is 460 g/mol. The molecule has 4 aromatic heterocycles. The number of rotatable bonds is 3. The minimum Gasteiger partial charge on any atom is -0.340 e. The second kappa shape index (κ2) is 7.99. The molecular weight excluding hydrogens is 440 g/mol. The molecule has 0 N–H and O–H groups in total. The second-order valence-corrected chi connectivity index (χ2v) is 9.59. The van der Waals surface area contributed by atoms with Crippen LogP contribution in [0, 0.1) is 0 Å². The van der Waals surface area contributed by atoms with E-state index in [0.29, 0.717) is 13.1 Å². The molecule has 1 aliphatic heterocycles. The number of hydrogen-bond donors (Lipinski definition) is 0. The molecule has 1 aromatic carbocycles. The van der Waals surface area contributed by atoms with Crippen LogP contribution in [0.5, 0.6) is 0 Å². The van der Waals surface area contributed by atoms with E-state index in [1.165, 1.54) is 11.3 Å². The van der Waals surface area contributed by atoms with Crippen LogP contribution in [0.3, 0.4) is 0 Å². The molecule has 32 heavy (non-hydrogen) atoms. The van der Waals surface area contributed by atoms with Gasteiger partial charge >= 0.3 is 0 Å². The first kappa shape index (κ1) is 19.4. The fourth-order valence-electron chi connectivity index (χ4n) is 4.22. The van der Waals surface area contributed by atoms with Gasteiger partial charge in [0, 0.05) is 31.6 Å². The smallest absolute Gasteiger partial charge is 0.263 e. The van der Waals surface area contributed by atoms with Crippen molar-refractivity contribution in [3.05, 3.63) is 64.2 Å². The maximum atomic E-state index is 12.9. The highest BCUT2D eigenvalue weighted by molar-refractivity contribution is 7.13. The van der Waals surface area contributed by atoms with Crippen molar-refractivity contribution >= 4 is 51.1 Å². The third kappa shape index (κ3) is 3.25. The Kier molecular flexibility index (Phi) is 4.84. The number of benzene rings is 1. The van der Waals surface area contributed by atoms with Gasteiger partial charge in [-0.2, -0.15) is 0 Å². The van der Waals surface area contributed by atoms with Gasteiger partial charge in [0.15, 0.2) is 11.5 Å². The van der Waals surface area contributed by atoms with Crippen molar-refractivity contribution in [2.45, 2.75) is 6.42 Å². The first-order valence-electron chi connectivity index (χ1n) is 10.5. The van der Waals surface area contributed by atoms with Crippen molar-refractivity contribution < 1.29 is 4.79 Å². The molecule has 7 nitrogen and oxygen atoms in total. The lowest BCUT2D eigenvalue weighted by Gasteiger charge is -2.24. The molecule has 5 heterocycles. The van der Waals surface area contributed by atoms with Gasteiger partial charge in [0.05, 0.1) is 15.3 Å². The van der Waals surface area contributed by atoms with Crippen molar-refractivity contribution in [1.29, 1.82) is 0 Å². The summed E-state index contributed by atoms with van der Waals surface area (Å²) in [5.74, 6) is 1.75. The maximum absolute atomic E-state index is 12.9. The molecule has 0 aliphatic carbocycles. The summed E-state index contributed by atoms with van der Waals surface area (Å²) in [4.78, 5) is 24.0. The first-order valence-corrected chi connectivity index (χ1v) is 12.3. The van der Waals surface area contributed by atoms with Gasteiger partial charge in [-0.25, -0.2) is 9.38 Å². The van der Waals surface area contributed by atoms with E-state index in [2.05, 4.69) is 25.6 Å². The zero-order valence-corrected chi connectivity index (χ0v) is 18.9. The Balaban J connectivity index is 1.42. The maximum Gasteiger partial charge on any atom is 0.263 e. The second-order valence-electron chi connectivity index (χ2n) is 7.70. The lowest BCUT2D eigenvalue weighted by atomic mass is 10.2. The summed E-state index contributed by atoms with van der Waals surface area (Å²) in [6, 6.07) is 16.0. The van der Waals surface area contributed by atoms with Crippen molar-refractivity contribution in [3.8, 4) is 10.7 Å². The van der Waals surface area contributed by atoms with Crippen LogP contribution in [0.15, 0.2) is 59.3 Å². The molecule has 1 saturated heterocycles. The van der Waals surface area contributed by atoms with E-state index in [4.69, 9.17) is 4.98 Å². The Labute approximate surface area is 192 Å². The predicted molar refractivity (Wildman–Crippen MR) is 129 cm³/mol. The Morgan fingerprint density at radius 1 is 0.875 bits per heavy atom. The quantitative estimate of drug-likeness (QED) is 0.399. The number of aromatic nitrogens is 4. The van der Waals surface area contributed by atoms with E-state index in [1.54, 1.807) is 11.3 Å². The lowest BCUT2D eigenvalue weighted by Crippen LogP contribution is -2.35. The molecule has 9 heteroatoms. The Morgan fingerprint density at radius 3 is 2.59 bits per heavy atom. The Hall–Kier alpha value is -3.30. The number of hydrogen-bond acceptors (Lipinski definition) is 7. The van der Waals surface area contributed by atoms with Crippen LogP contribution < -0.4 is 4.90 Å². The average molecular weight is 461 g/mol. The van der Waals surface area contributed by atoms with Gasteiger partial charge in [0.25, 0.3) is 5.91 Å². The van der Waals surface area contributed by atoms with E-state index in [-0.39, 0.29) is 5.91 Å². The minimum atomic E-state index is 0.113. The fourth-order valence-corrected chi connectivity index (χ4v) is 5.61. The van der Waals surface area contributed by atoms with Crippen LogP contribution in [0.4, 0.5) is 5.95 Å². The number of thiophene rings is 2. The number of carbonyl (C=O) groups is 1. The van der Waals surface area contributed by atoms with Gasteiger partial charge in [-0.1, -0.05) is 24.3 Å². The average Bonchev–Trinajstić information content (AvgIpc) is 3.57. The van der Waals surface area contributed by atoms with Crippen LogP contribution in [0.25, 0.3) is 27.3 Å². The molecule has 0 unspecified atom stereocenters. The highest BCUT2D eigenvalue weighted by Crippen LogP contribution is 2.31. The number of fused-ring (bicyclic) bond motifs is 3. The van der Waals surface area contributed by atoms with Crippen LogP contribution in [-0.2, 0) is 0 Å². The lowest BCUT2D eigenvalue weighted by molar-refractivity contribution is 0.0772. The molecule has 0 saturated carbocycles. The molecule has 1 amide bonds. The molecule has 0 bridgehead atoms. The molecule has 5 aromatic rings. The summed E-state index contributed by atoms with van der Waals surface area (Å²) >= 11 is 3.14. The summed E-state index contributed by atoms with van der Waals surface area (Å²) in [6.07, 6.45) is 0.879. The van der Waals surface area contributed by atoms with E-state index in [1.807, 2.05) is 58.1 Å². The standard InChI is InChI=1S/C23H20N6OS2/c30-22(19-9-4-15-32-19)27-10-5-11-28(13-12-27)23-24-17-7-2-1-6-16(17)20-25-26-21(29(20)23)18-8-3-14-31-18/h1-4,6-9,14-15H,5,10-13H2. The zero-order valence-electron chi connectivity index (χ0n) is 17.2. The van der Waals surface area contributed by atoms with Gasteiger partial charge in [0.1, 0.15) is 0 Å². The van der Waals surface area contributed by atoms with Gasteiger partial charge < -0.3 is 9.80 Å². The van der Waals surface area contributed by atoms with Gasteiger partial charge in [-0.05, 0) is 41.4 Å². The van der Waals surface area contributed by atoms with Gasteiger partial charge in [0.2, 0.25) is 5.95 Å². The van der Waals surface area contributed by atoms with Crippen LogP contribution in [0.2, 0.25) is 0 Å². The molecule has 160 valence electrons. The summed E-state index contributed by atoms with van der Waals surface area (Å²) in [6.45, 7) is 2.92. The first-order chi connectivity index (χ1) is 15.8. The van der Waals surface area contributed by atoms with E-state index in [0.717, 1.165) is 57.6 Å². The summed E-state index contributed by atoms with van der Waals surface area (Å²) < 4.78 is 2.07. The summed E-state index contributed by atoms with van der Waals surface area (Å²) in [7, 11) is 0. The van der Waals surface area contributed by atoms with E-state index in [9.17, 15) is 4.79 Å². The zero-order chi connectivity index (χ0) is 21.5. The van der Waals surface area contributed by atoms with Gasteiger partial charge in [-0.3, -0.25) is 4.79 Å². The Bertz CT molecular complexity index is 1390. The SMILES string of the molecule is O=C(c1cccs1)N1CCCN(c2nc3ccccc3c3nnc(-c4cccs4)n23)CC1. The number of carbonyl (C=O) groups excluding carboxylic acids is 1. The molecule has 6 rings (SSSR count). The van der Waals surface area contributed by atoms with Crippen LogP contribution in [-0.4, -0.2) is 56.6 Å². The van der Waals surface area contributed by atoms with Crippen molar-refractivity contribution in [2.75, 3.05) is 31.1 Å². The fraction of sp³-hybridized carbons (Fsp3) is 0.217. The van der Waals surface area contributed by atoms with Crippen LogP contribution >= 0.6 is 22.7 Å². The normalized spacial score (nSPS) is 14.9. The van der Waals surface area contributed by atoms with Crippen molar-refractivity contribution in [1.82, 2.24) is 24.5 Å². The third-order valence-electron chi connectivity index (χ3n) is 5.77. The van der Waals surface area contributed by atoms with E-state index < -0.39 is 0 Å². The number of anilines is 1. The van der Waals surface area contributed by atoms with Gasteiger partial charge in [-0.15, -0.1) is 32.9 Å². The van der Waals surface area contributed by atoms with E-state index >= 15 is 0 Å². The molecule has 0 spiro atoms. The summed E-state index contributed by atoms with van der Waals surface area (Å²) in [5, 5.41) is 14.1. The van der Waals surface area contributed by atoms with Crippen molar-refractivity contribution in [2.24, 2.45) is 0 Å². The highest BCUT2D eigenvalue weighted by Gasteiger charge is 2.25. The molecule has 0 atom stereocenters. The minimum absolute atomic E-state index is 0.113. The predicted octanol–water partition coefficient (Wildman–Crippen LogP) is 4.42. The van der Waals surface area contributed by atoms with Crippen LogP contribution in [0.1, 0.15) is 16.1 Å². The summed E-state index contributed by atoms with van der Waals surface area (Å²) in [5.41, 5.74) is 1.71.